The minimum Gasteiger partial charge on any atom is -0.463 e. The van der Waals surface area contributed by atoms with Crippen LogP contribution < -0.4 is 0 Å². The van der Waals surface area contributed by atoms with Gasteiger partial charge >= 0.3 is 11.9 Å². The number of hydrogen-bond acceptors (Lipinski definition) is 13. The number of ether oxygens (including phenoxy) is 5. The Bertz CT molecular complexity index is 571. The summed E-state index contributed by atoms with van der Waals surface area (Å²) in [6.07, 6.45) is -15.6. The van der Waals surface area contributed by atoms with Gasteiger partial charge in [-0.05, 0) is 0 Å². The van der Waals surface area contributed by atoms with E-state index in [1.54, 1.807) is 0 Å². The molecule has 10 atom stereocenters. The van der Waals surface area contributed by atoms with Gasteiger partial charge in [0.25, 0.3) is 0 Å². The van der Waals surface area contributed by atoms with Gasteiger partial charge < -0.3 is 54.3 Å². The molecule has 2 aliphatic rings. The van der Waals surface area contributed by atoms with E-state index in [0.29, 0.717) is 0 Å². The largest absolute Gasteiger partial charge is 0.463 e. The lowest BCUT2D eigenvalue weighted by Gasteiger charge is -2.42. The molecule has 2 rings (SSSR count). The average molecular weight is 426 g/mol. The maximum atomic E-state index is 11.1. The first-order valence-corrected chi connectivity index (χ1v) is 8.84. The number of aliphatic hydroxyl groups excluding tert-OH is 6. The van der Waals surface area contributed by atoms with E-state index in [-0.39, 0.29) is 0 Å². The highest BCUT2D eigenvalue weighted by Crippen LogP contribution is 2.26. The molecule has 0 aromatic carbocycles. The van der Waals surface area contributed by atoms with E-state index in [2.05, 4.69) is 0 Å². The van der Waals surface area contributed by atoms with E-state index < -0.39 is 86.6 Å². The van der Waals surface area contributed by atoms with Crippen molar-refractivity contribution in [1.82, 2.24) is 0 Å². The van der Waals surface area contributed by atoms with Gasteiger partial charge in [-0.25, -0.2) is 0 Å². The van der Waals surface area contributed by atoms with Gasteiger partial charge in [0, 0.05) is 13.8 Å². The maximum Gasteiger partial charge on any atom is 0.305 e. The fraction of sp³-hybridized carbons (Fsp3) is 0.875. The van der Waals surface area contributed by atoms with Gasteiger partial charge in [-0.3, -0.25) is 9.59 Å². The SMILES string of the molecule is CC(=O)OCC1O[C@H](OCC2OC(OC(C)=O)[C@@H](O)C(O)[C@@H]2O)C(O)[C@@H](O)[C@H]1O. The Kier molecular flexibility index (Phi) is 8.28. The molecular formula is C16H26O13. The van der Waals surface area contributed by atoms with Crippen LogP contribution in [-0.2, 0) is 33.3 Å². The smallest absolute Gasteiger partial charge is 0.305 e. The number of rotatable bonds is 6. The molecule has 0 radical (unpaired) electrons. The zero-order valence-corrected chi connectivity index (χ0v) is 15.7. The van der Waals surface area contributed by atoms with Crippen LogP contribution in [0.3, 0.4) is 0 Å². The van der Waals surface area contributed by atoms with Gasteiger partial charge in [0.05, 0.1) is 6.61 Å². The van der Waals surface area contributed by atoms with Crippen LogP contribution in [0.5, 0.6) is 0 Å². The Morgan fingerprint density at radius 2 is 1.17 bits per heavy atom. The van der Waals surface area contributed by atoms with Crippen molar-refractivity contribution in [2.45, 2.75) is 75.3 Å². The van der Waals surface area contributed by atoms with Crippen molar-refractivity contribution in [2.24, 2.45) is 0 Å². The van der Waals surface area contributed by atoms with E-state index in [1.807, 2.05) is 0 Å². The van der Waals surface area contributed by atoms with Gasteiger partial charge in [0.15, 0.2) is 6.29 Å². The molecule has 6 N–H and O–H groups in total. The molecule has 2 heterocycles. The van der Waals surface area contributed by atoms with Crippen molar-refractivity contribution < 1.29 is 63.9 Å². The Morgan fingerprint density at radius 3 is 1.69 bits per heavy atom. The van der Waals surface area contributed by atoms with Crippen LogP contribution in [0.4, 0.5) is 0 Å². The van der Waals surface area contributed by atoms with Crippen molar-refractivity contribution in [3.05, 3.63) is 0 Å². The van der Waals surface area contributed by atoms with Crippen LogP contribution in [0, 0.1) is 0 Å². The second kappa shape index (κ2) is 10.1. The van der Waals surface area contributed by atoms with Crippen LogP contribution in [0.1, 0.15) is 13.8 Å². The number of aliphatic hydroxyl groups is 6. The molecule has 0 aromatic heterocycles. The highest BCUT2D eigenvalue weighted by Gasteiger charge is 2.48. The lowest BCUT2D eigenvalue weighted by molar-refractivity contribution is -0.327. The number of carbonyl (C=O) groups is 2. The van der Waals surface area contributed by atoms with Crippen LogP contribution in [0.25, 0.3) is 0 Å². The topological polar surface area (TPSA) is 202 Å². The Hall–Kier alpha value is -1.42. The Morgan fingerprint density at radius 1 is 0.690 bits per heavy atom. The Labute approximate surface area is 165 Å². The molecule has 0 aliphatic carbocycles. The van der Waals surface area contributed by atoms with E-state index in [9.17, 15) is 40.2 Å². The fourth-order valence-electron chi connectivity index (χ4n) is 2.90. The Balaban J connectivity index is 2.00. The van der Waals surface area contributed by atoms with E-state index in [1.165, 1.54) is 0 Å². The summed E-state index contributed by atoms with van der Waals surface area (Å²) in [7, 11) is 0. The first-order valence-electron chi connectivity index (χ1n) is 8.84. The third kappa shape index (κ3) is 5.81. The van der Waals surface area contributed by atoms with Gasteiger partial charge in [-0.1, -0.05) is 0 Å². The molecule has 5 unspecified atom stereocenters. The molecule has 0 saturated carbocycles. The van der Waals surface area contributed by atoms with Crippen molar-refractivity contribution in [1.29, 1.82) is 0 Å². The summed E-state index contributed by atoms with van der Waals surface area (Å²) in [4.78, 5) is 22.0. The summed E-state index contributed by atoms with van der Waals surface area (Å²) < 4.78 is 25.3. The van der Waals surface area contributed by atoms with Crippen molar-refractivity contribution in [3.8, 4) is 0 Å². The van der Waals surface area contributed by atoms with Gasteiger partial charge in [-0.2, -0.15) is 0 Å². The first-order chi connectivity index (χ1) is 13.5. The molecule has 168 valence electrons. The molecule has 2 aliphatic heterocycles. The summed E-state index contributed by atoms with van der Waals surface area (Å²) in [6.45, 7) is 1.26. The lowest BCUT2D eigenvalue weighted by atomic mass is 9.98. The molecule has 0 amide bonds. The zero-order valence-electron chi connectivity index (χ0n) is 15.7. The summed E-state index contributed by atoms with van der Waals surface area (Å²) in [5.41, 5.74) is 0. The summed E-state index contributed by atoms with van der Waals surface area (Å²) >= 11 is 0. The fourth-order valence-corrected chi connectivity index (χ4v) is 2.90. The number of carbonyl (C=O) groups excluding carboxylic acids is 2. The van der Waals surface area contributed by atoms with Crippen LogP contribution in [0.15, 0.2) is 0 Å². The van der Waals surface area contributed by atoms with Crippen molar-refractivity contribution >= 4 is 11.9 Å². The lowest BCUT2D eigenvalue weighted by Crippen LogP contribution is -2.62. The summed E-state index contributed by atoms with van der Waals surface area (Å²) in [6, 6.07) is 0. The molecule has 2 fully saturated rings. The van der Waals surface area contributed by atoms with Crippen molar-refractivity contribution in [2.75, 3.05) is 13.2 Å². The van der Waals surface area contributed by atoms with E-state index in [0.717, 1.165) is 13.8 Å². The average Bonchev–Trinajstić information content (AvgIpc) is 2.65. The molecule has 0 spiro atoms. The standard InChI is InChI=1S/C16H26O13/c1-5(17)25-3-7-9(19)11(21)13(23)15(28-7)26-4-8-10(20)12(22)14(24)16(29-8)27-6(2)18/h7-16,19-24H,3-4H2,1-2H3/t7?,8?,9-,10+,11-,12?,13?,14-,15-,16?/m0/s1. The van der Waals surface area contributed by atoms with Crippen molar-refractivity contribution in [3.63, 3.8) is 0 Å². The van der Waals surface area contributed by atoms with Crippen LogP contribution in [-0.4, -0.2) is 117 Å². The monoisotopic (exact) mass is 426 g/mol. The minimum absolute atomic E-state index is 0.415. The quantitative estimate of drug-likeness (QED) is 0.223. The number of hydrogen-bond donors (Lipinski definition) is 6. The summed E-state index contributed by atoms with van der Waals surface area (Å²) in [5.74, 6) is -1.45. The van der Waals surface area contributed by atoms with Crippen LogP contribution >= 0.6 is 0 Å². The van der Waals surface area contributed by atoms with Gasteiger partial charge in [0.1, 0.15) is 55.4 Å². The molecule has 0 aromatic rings. The second-order valence-electron chi connectivity index (χ2n) is 6.77. The third-order valence-corrected chi connectivity index (χ3v) is 4.49. The summed E-state index contributed by atoms with van der Waals surface area (Å²) in [5, 5.41) is 59.7. The predicted molar refractivity (Wildman–Crippen MR) is 87.7 cm³/mol. The zero-order chi connectivity index (χ0) is 21.9. The molecule has 29 heavy (non-hydrogen) atoms. The third-order valence-electron chi connectivity index (χ3n) is 4.49. The predicted octanol–water partition coefficient (Wildman–Crippen LogP) is -4.26. The highest BCUT2D eigenvalue weighted by molar-refractivity contribution is 5.66. The first kappa shape index (κ1) is 23.9. The van der Waals surface area contributed by atoms with Gasteiger partial charge in [-0.15, -0.1) is 0 Å². The van der Waals surface area contributed by atoms with E-state index >= 15 is 0 Å². The molecular weight excluding hydrogens is 400 g/mol. The van der Waals surface area contributed by atoms with Crippen LogP contribution in [0.2, 0.25) is 0 Å². The second-order valence-corrected chi connectivity index (χ2v) is 6.77. The highest BCUT2D eigenvalue weighted by atomic mass is 16.7. The number of esters is 2. The molecule has 0 bridgehead atoms. The molecule has 2 saturated heterocycles. The normalized spacial score (nSPS) is 42.9. The van der Waals surface area contributed by atoms with E-state index in [4.69, 9.17) is 23.7 Å². The maximum absolute atomic E-state index is 11.1. The minimum atomic E-state index is -1.72. The molecule has 13 heteroatoms. The van der Waals surface area contributed by atoms with Gasteiger partial charge in [0.2, 0.25) is 6.29 Å². The molecule has 13 nitrogen and oxygen atoms in total.